The highest BCUT2D eigenvalue weighted by Gasteiger charge is 2.15. The summed E-state index contributed by atoms with van der Waals surface area (Å²) in [6, 6.07) is 1.78. The van der Waals surface area contributed by atoms with Gasteiger partial charge in [0, 0.05) is 5.38 Å². The van der Waals surface area contributed by atoms with E-state index in [1.165, 1.54) is 11.3 Å². The largest absolute Gasteiger partial charge is 0.461 e. The molecule has 2 aromatic heterocycles. The number of hydrogen-bond acceptors (Lipinski definition) is 5. The summed E-state index contributed by atoms with van der Waals surface area (Å²) in [5, 5.41) is 2.31. The fraction of sp³-hybridized carbons (Fsp3) is 0.200. The van der Waals surface area contributed by atoms with Crippen LogP contribution in [0.2, 0.25) is 0 Å². The topological polar surface area (TPSA) is 52.3 Å². The van der Waals surface area contributed by atoms with Gasteiger partial charge in [0.2, 0.25) is 0 Å². The summed E-state index contributed by atoms with van der Waals surface area (Å²) in [6.07, 6.45) is 1.56. The first kappa shape index (κ1) is 11.3. The van der Waals surface area contributed by atoms with Crippen molar-refractivity contribution in [3.63, 3.8) is 0 Å². The molecule has 6 heteroatoms. The molecule has 2 heterocycles. The Bertz CT molecular complexity index is 506. The summed E-state index contributed by atoms with van der Waals surface area (Å²) in [5.74, 6) is 0.216. The number of halogens is 1. The van der Waals surface area contributed by atoms with Crippen molar-refractivity contribution in [2.45, 2.75) is 6.92 Å². The number of ether oxygens (including phenoxy) is 1. The van der Waals surface area contributed by atoms with Crippen molar-refractivity contribution in [1.82, 2.24) is 4.98 Å². The molecule has 84 valence electrons. The number of hydrogen-bond donors (Lipinski definition) is 0. The first-order valence-corrected chi connectivity index (χ1v) is 6.25. The minimum Gasteiger partial charge on any atom is -0.461 e. The van der Waals surface area contributed by atoms with E-state index in [-0.39, 0.29) is 0 Å². The molecule has 0 spiro atoms. The van der Waals surface area contributed by atoms with Gasteiger partial charge in [-0.05, 0) is 28.9 Å². The summed E-state index contributed by atoms with van der Waals surface area (Å²) in [5.41, 5.74) is 0.310. The van der Waals surface area contributed by atoms with Crippen LogP contribution in [0.5, 0.6) is 0 Å². The van der Waals surface area contributed by atoms with Crippen LogP contribution in [0.1, 0.15) is 17.4 Å². The number of thiazole rings is 1. The summed E-state index contributed by atoms with van der Waals surface area (Å²) >= 11 is 4.68. The monoisotopic (exact) mass is 301 g/mol. The Balaban J connectivity index is 2.26. The molecule has 0 aliphatic heterocycles. The number of carbonyl (C=O) groups excluding carboxylic acids is 1. The highest BCUT2D eigenvalue weighted by atomic mass is 79.9. The summed E-state index contributed by atoms with van der Waals surface area (Å²) in [4.78, 5) is 15.5. The van der Waals surface area contributed by atoms with Crippen LogP contribution < -0.4 is 0 Å². The Morgan fingerprint density at radius 1 is 1.69 bits per heavy atom. The maximum absolute atomic E-state index is 11.4. The Kier molecular flexibility index (Phi) is 3.40. The van der Waals surface area contributed by atoms with Gasteiger partial charge in [0.25, 0.3) is 0 Å². The lowest BCUT2D eigenvalue weighted by molar-refractivity contribution is 0.0520. The lowest BCUT2D eigenvalue weighted by atomic mass is 10.4. The Labute approximate surface area is 104 Å². The van der Waals surface area contributed by atoms with Crippen molar-refractivity contribution in [2.24, 2.45) is 0 Å². The van der Waals surface area contributed by atoms with E-state index in [9.17, 15) is 4.79 Å². The van der Waals surface area contributed by atoms with E-state index in [0.717, 1.165) is 4.47 Å². The van der Waals surface area contributed by atoms with E-state index < -0.39 is 5.97 Å². The summed E-state index contributed by atoms with van der Waals surface area (Å²) < 4.78 is 10.9. The lowest BCUT2D eigenvalue weighted by Crippen LogP contribution is -2.04. The second kappa shape index (κ2) is 4.80. The molecule has 0 atom stereocenters. The van der Waals surface area contributed by atoms with Crippen molar-refractivity contribution >= 4 is 33.2 Å². The van der Waals surface area contributed by atoms with Crippen molar-refractivity contribution in [3.8, 4) is 10.8 Å². The van der Waals surface area contributed by atoms with Crippen molar-refractivity contribution in [1.29, 1.82) is 0 Å². The number of aromatic nitrogens is 1. The molecule has 0 saturated heterocycles. The summed E-state index contributed by atoms with van der Waals surface area (Å²) in [7, 11) is 0. The number of carbonyl (C=O) groups is 1. The molecule has 0 saturated carbocycles. The second-order valence-electron chi connectivity index (χ2n) is 2.86. The highest BCUT2D eigenvalue weighted by Crippen LogP contribution is 2.31. The third kappa shape index (κ3) is 2.17. The number of furan rings is 1. The predicted molar refractivity (Wildman–Crippen MR) is 63.5 cm³/mol. The van der Waals surface area contributed by atoms with Gasteiger partial charge in [-0.15, -0.1) is 11.3 Å². The van der Waals surface area contributed by atoms with Gasteiger partial charge in [-0.1, -0.05) is 0 Å². The van der Waals surface area contributed by atoms with Gasteiger partial charge in [0.1, 0.15) is 0 Å². The molecule has 0 aromatic carbocycles. The molecule has 16 heavy (non-hydrogen) atoms. The average molecular weight is 302 g/mol. The number of nitrogens with zero attached hydrogens (tertiary/aromatic N) is 1. The molecule has 0 N–H and O–H groups in total. The van der Waals surface area contributed by atoms with Crippen LogP contribution in [0.15, 0.2) is 26.6 Å². The zero-order valence-electron chi connectivity index (χ0n) is 8.40. The molecule has 0 amide bonds. The van der Waals surface area contributed by atoms with Crippen LogP contribution in [0, 0.1) is 0 Å². The smallest absolute Gasteiger partial charge is 0.357 e. The lowest BCUT2D eigenvalue weighted by Gasteiger charge is -1.96. The maximum Gasteiger partial charge on any atom is 0.357 e. The normalized spacial score (nSPS) is 10.4. The van der Waals surface area contributed by atoms with Crippen LogP contribution in [-0.2, 0) is 4.74 Å². The zero-order valence-corrected chi connectivity index (χ0v) is 10.8. The van der Waals surface area contributed by atoms with E-state index in [4.69, 9.17) is 9.15 Å². The molecule has 0 radical (unpaired) electrons. The first-order chi connectivity index (χ1) is 7.72. The molecule has 0 aliphatic carbocycles. The molecule has 2 aromatic rings. The van der Waals surface area contributed by atoms with E-state index in [2.05, 4.69) is 20.9 Å². The van der Waals surface area contributed by atoms with Gasteiger partial charge in [0.15, 0.2) is 16.5 Å². The Morgan fingerprint density at radius 2 is 2.50 bits per heavy atom. The van der Waals surface area contributed by atoms with E-state index in [1.807, 2.05) is 0 Å². The Morgan fingerprint density at radius 3 is 3.12 bits per heavy atom. The molecule has 2 rings (SSSR count). The van der Waals surface area contributed by atoms with Gasteiger partial charge >= 0.3 is 5.97 Å². The highest BCUT2D eigenvalue weighted by molar-refractivity contribution is 9.10. The molecular formula is C10H8BrNO3S. The molecule has 0 fully saturated rings. The minimum atomic E-state index is -0.410. The fourth-order valence-corrected chi connectivity index (χ4v) is 2.43. The van der Waals surface area contributed by atoms with Gasteiger partial charge in [-0.25, -0.2) is 9.78 Å². The van der Waals surface area contributed by atoms with Crippen LogP contribution in [0.3, 0.4) is 0 Å². The Hall–Kier alpha value is -1.14. The van der Waals surface area contributed by atoms with Gasteiger partial charge in [-0.3, -0.25) is 0 Å². The third-order valence-corrected chi connectivity index (χ3v) is 3.27. The van der Waals surface area contributed by atoms with Gasteiger partial charge in [0.05, 0.1) is 17.3 Å². The zero-order chi connectivity index (χ0) is 11.5. The predicted octanol–water partition coefficient (Wildman–Crippen LogP) is 3.34. The van der Waals surface area contributed by atoms with E-state index in [0.29, 0.717) is 23.1 Å². The van der Waals surface area contributed by atoms with E-state index in [1.54, 1.807) is 24.6 Å². The summed E-state index contributed by atoms with van der Waals surface area (Å²) in [6.45, 7) is 2.10. The van der Waals surface area contributed by atoms with E-state index >= 15 is 0 Å². The second-order valence-corrected chi connectivity index (χ2v) is 4.57. The number of rotatable bonds is 3. The van der Waals surface area contributed by atoms with Crippen LogP contribution in [0.4, 0.5) is 0 Å². The maximum atomic E-state index is 11.4. The molecular weight excluding hydrogens is 294 g/mol. The third-order valence-electron chi connectivity index (χ3n) is 1.80. The molecule has 0 bridgehead atoms. The SMILES string of the molecule is CCOC(=O)c1csc(-c2occc2Br)n1. The fourth-order valence-electron chi connectivity index (χ4n) is 1.12. The quantitative estimate of drug-likeness (QED) is 0.816. The van der Waals surface area contributed by atoms with Crippen molar-refractivity contribution in [3.05, 3.63) is 27.9 Å². The molecule has 0 unspecified atom stereocenters. The average Bonchev–Trinajstić information content (AvgIpc) is 2.86. The van der Waals surface area contributed by atoms with Gasteiger partial charge < -0.3 is 9.15 Å². The van der Waals surface area contributed by atoms with Crippen molar-refractivity contribution < 1.29 is 13.9 Å². The molecule has 0 aliphatic rings. The first-order valence-electron chi connectivity index (χ1n) is 4.58. The standard InChI is InChI=1S/C10H8BrNO3S/c1-2-14-10(13)7-5-16-9(12-7)8-6(11)3-4-15-8/h3-5H,2H2,1H3. The van der Waals surface area contributed by atoms with Gasteiger partial charge in [-0.2, -0.15) is 0 Å². The van der Waals surface area contributed by atoms with Crippen LogP contribution in [-0.4, -0.2) is 17.6 Å². The minimum absolute atomic E-state index is 0.310. The van der Waals surface area contributed by atoms with Crippen molar-refractivity contribution in [2.75, 3.05) is 6.61 Å². The number of esters is 1. The van der Waals surface area contributed by atoms with Crippen LogP contribution in [0.25, 0.3) is 10.8 Å². The molecule has 4 nitrogen and oxygen atoms in total. The van der Waals surface area contributed by atoms with Crippen LogP contribution >= 0.6 is 27.3 Å².